The Bertz CT molecular complexity index is 288. The number of nitrogens with zero attached hydrogens (tertiary/aromatic N) is 2. The van der Waals surface area contributed by atoms with Crippen LogP contribution in [0.2, 0.25) is 0 Å². The van der Waals surface area contributed by atoms with Crippen LogP contribution in [0.1, 0.15) is 26.2 Å². The molecule has 15 heavy (non-hydrogen) atoms. The maximum Gasteiger partial charge on any atom is 0.183 e. The van der Waals surface area contributed by atoms with Gasteiger partial charge in [-0.1, -0.05) is 18.7 Å². The van der Waals surface area contributed by atoms with E-state index in [2.05, 4.69) is 34.5 Å². The van der Waals surface area contributed by atoms with E-state index in [1.54, 1.807) is 6.33 Å². The summed E-state index contributed by atoms with van der Waals surface area (Å²) >= 11 is 1.82. The molecule has 0 amide bonds. The summed E-state index contributed by atoms with van der Waals surface area (Å²) in [5.74, 6) is 0.829. The second-order valence-corrected chi connectivity index (χ2v) is 5.49. The number of aromatic amines is 1. The fourth-order valence-electron chi connectivity index (χ4n) is 2.18. The average molecular weight is 226 g/mol. The molecule has 84 valence electrons. The van der Waals surface area contributed by atoms with E-state index in [9.17, 15) is 0 Å². The van der Waals surface area contributed by atoms with E-state index in [0.29, 0.717) is 11.3 Å². The summed E-state index contributed by atoms with van der Waals surface area (Å²) in [5, 5.41) is 11.8. The maximum absolute atomic E-state index is 4.17. The molecule has 2 rings (SSSR count). The second-order valence-electron chi connectivity index (χ2n) is 4.26. The van der Waals surface area contributed by atoms with Crippen molar-refractivity contribution >= 4 is 11.8 Å². The van der Waals surface area contributed by atoms with E-state index in [1.807, 2.05) is 11.8 Å². The van der Waals surface area contributed by atoms with Crippen molar-refractivity contribution in [3.63, 3.8) is 0 Å². The lowest BCUT2D eigenvalue weighted by Crippen LogP contribution is -2.40. The van der Waals surface area contributed by atoms with E-state index in [4.69, 9.17) is 0 Å². The fourth-order valence-corrected chi connectivity index (χ4v) is 3.54. The zero-order valence-electron chi connectivity index (χ0n) is 9.23. The van der Waals surface area contributed by atoms with Crippen LogP contribution in [0.25, 0.3) is 0 Å². The van der Waals surface area contributed by atoms with Gasteiger partial charge in [0.25, 0.3) is 0 Å². The molecule has 1 aliphatic rings. The maximum atomic E-state index is 4.17. The highest BCUT2D eigenvalue weighted by Gasteiger charge is 2.28. The molecule has 4 nitrogen and oxygen atoms in total. The van der Waals surface area contributed by atoms with E-state index in [0.717, 1.165) is 11.1 Å². The van der Waals surface area contributed by atoms with Gasteiger partial charge < -0.3 is 5.32 Å². The fraction of sp³-hybridized carbons (Fsp3) is 0.800. The number of nitrogens with one attached hydrogen (secondary N) is 2. The number of hydrogen-bond donors (Lipinski definition) is 2. The lowest BCUT2D eigenvalue weighted by molar-refractivity contribution is 0.329. The molecule has 1 aromatic heterocycles. The standard InChI is InChI=1S/C10H18N4S/c1-7-3-4-8(11-2)9(5-7)15-10-12-6-13-14-10/h6-9,11H,3-5H2,1-2H3,(H,12,13,14). The van der Waals surface area contributed by atoms with E-state index < -0.39 is 0 Å². The van der Waals surface area contributed by atoms with Crippen molar-refractivity contribution in [2.45, 2.75) is 42.6 Å². The summed E-state index contributed by atoms with van der Waals surface area (Å²) in [7, 11) is 2.05. The van der Waals surface area contributed by atoms with Crippen LogP contribution in [0.5, 0.6) is 0 Å². The molecule has 3 unspecified atom stereocenters. The van der Waals surface area contributed by atoms with Crippen molar-refractivity contribution in [1.82, 2.24) is 20.5 Å². The number of H-pyrrole nitrogens is 1. The molecule has 1 aliphatic carbocycles. The first-order valence-corrected chi connectivity index (χ1v) is 6.37. The molecule has 0 aromatic carbocycles. The molecule has 1 fully saturated rings. The molecule has 1 aromatic rings. The quantitative estimate of drug-likeness (QED) is 0.823. The van der Waals surface area contributed by atoms with Crippen molar-refractivity contribution in [3.8, 4) is 0 Å². The number of rotatable bonds is 3. The van der Waals surface area contributed by atoms with Gasteiger partial charge in [-0.05, 0) is 32.2 Å². The van der Waals surface area contributed by atoms with Crippen LogP contribution in [-0.4, -0.2) is 33.5 Å². The van der Waals surface area contributed by atoms with Crippen LogP contribution in [0.15, 0.2) is 11.5 Å². The van der Waals surface area contributed by atoms with Gasteiger partial charge in [0.05, 0.1) is 0 Å². The van der Waals surface area contributed by atoms with Crippen molar-refractivity contribution in [2.75, 3.05) is 7.05 Å². The van der Waals surface area contributed by atoms with Gasteiger partial charge in [0.15, 0.2) is 5.16 Å². The van der Waals surface area contributed by atoms with Crippen molar-refractivity contribution in [1.29, 1.82) is 0 Å². The summed E-state index contributed by atoms with van der Waals surface area (Å²) in [6, 6.07) is 0.608. The largest absolute Gasteiger partial charge is 0.316 e. The van der Waals surface area contributed by atoms with Crippen LogP contribution in [0.4, 0.5) is 0 Å². The second kappa shape index (κ2) is 4.99. The predicted octanol–water partition coefficient (Wildman–Crippen LogP) is 1.67. The molecule has 0 spiro atoms. The topological polar surface area (TPSA) is 53.6 Å². The number of thioether (sulfide) groups is 1. The molecule has 0 saturated heterocycles. The monoisotopic (exact) mass is 226 g/mol. The lowest BCUT2D eigenvalue weighted by atomic mass is 9.87. The van der Waals surface area contributed by atoms with Crippen LogP contribution >= 0.6 is 11.8 Å². The zero-order valence-corrected chi connectivity index (χ0v) is 10.0. The summed E-state index contributed by atoms with van der Waals surface area (Å²) in [4.78, 5) is 4.17. The highest BCUT2D eigenvalue weighted by Crippen LogP contribution is 2.34. The Labute approximate surface area is 94.6 Å². The number of aromatic nitrogens is 3. The Hall–Kier alpha value is -0.550. The molecule has 2 N–H and O–H groups in total. The molecule has 0 bridgehead atoms. The number of hydrogen-bond acceptors (Lipinski definition) is 4. The highest BCUT2D eigenvalue weighted by molar-refractivity contribution is 7.99. The van der Waals surface area contributed by atoms with E-state index in [1.165, 1.54) is 19.3 Å². The first kappa shape index (κ1) is 11.0. The molecule has 5 heteroatoms. The third-order valence-corrected chi connectivity index (χ3v) is 4.32. The Morgan fingerprint density at radius 3 is 3.07 bits per heavy atom. The molecular formula is C10H18N4S. The van der Waals surface area contributed by atoms with Crippen LogP contribution in [0.3, 0.4) is 0 Å². The van der Waals surface area contributed by atoms with E-state index in [-0.39, 0.29) is 0 Å². The van der Waals surface area contributed by atoms with Gasteiger partial charge in [0, 0.05) is 11.3 Å². The summed E-state index contributed by atoms with van der Waals surface area (Å²) in [5.41, 5.74) is 0. The van der Waals surface area contributed by atoms with Gasteiger partial charge in [-0.25, -0.2) is 4.98 Å². The first-order valence-electron chi connectivity index (χ1n) is 5.49. The zero-order chi connectivity index (χ0) is 10.7. The van der Waals surface area contributed by atoms with Crippen molar-refractivity contribution < 1.29 is 0 Å². The minimum absolute atomic E-state index is 0.608. The van der Waals surface area contributed by atoms with Gasteiger partial charge in [-0.3, -0.25) is 5.10 Å². The SMILES string of the molecule is CNC1CCC(C)CC1Sc1ncn[nH]1. The van der Waals surface area contributed by atoms with Gasteiger partial charge in [-0.2, -0.15) is 5.10 Å². The average Bonchev–Trinajstić information content (AvgIpc) is 2.71. The van der Waals surface area contributed by atoms with Crippen molar-refractivity contribution in [2.24, 2.45) is 5.92 Å². The normalized spacial score (nSPS) is 31.7. The lowest BCUT2D eigenvalue weighted by Gasteiger charge is -2.33. The first-order chi connectivity index (χ1) is 7.29. The van der Waals surface area contributed by atoms with Crippen LogP contribution < -0.4 is 5.32 Å². The summed E-state index contributed by atoms with van der Waals surface area (Å²) in [6.07, 6.45) is 5.43. The summed E-state index contributed by atoms with van der Waals surface area (Å²) < 4.78 is 0. The van der Waals surface area contributed by atoms with Crippen LogP contribution in [-0.2, 0) is 0 Å². The smallest absolute Gasteiger partial charge is 0.183 e. The third-order valence-electron chi connectivity index (χ3n) is 3.08. The highest BCUT2D eigenvalue weighted by atomic mass is 32.2. The Morgan fingerprint density at radius 2 is 2.40 bits per heavy atom. The van der Waals surface area contributed by atoms with Gasteiger partial charge in [0.1, 0.15) is 6.33 Å². The molecule has 0 aliphatic heterocycles. The molecule has 1 saturated carbocycles. The minimum atomic E-state index is 0.608. The van der Waals surface area contributed by atoms with Gasteiger partial charge in [-0.15, -0.1) is 0 Å². The summed E-state index contributed by atoms with van der Waals surface area (Å²) in [6.45, 7) is 2.33. The molecule has 0 radical (unpaired) electrons. The predicted molar refractivity (Wildman–Crippen MR) is 61.9 cm³/mol. The third kappa shape index (κ3) is 2.72. The Kier molecular flexibility index (Phi) is 3.64. The molecule has 1 heterocycles. The van der Waals surface area contributed by atoms with Crippen molar-refractivity contribution in [3.05, 3.63) is 6.33 Å². The van der Waals surface area contributed by atoms with Gasteiger partial charge >= 0.3 is 0 Å². The van der Waals surface area contributed by atoms with Crippen LogP contribution in [0, 0.1) is 5.92 Å². The van der Waals surface area contributed by atoms with E-state index >= 15 is 0 Å². The minimum Gasteiger partial charge on any atom is -0.316 e. The molecular weight excluding hydrogens is 208 g/mol. The Morgan fingerprint density at radius 1 is 1.53 bits per heavy atom. The van der Waals surface area contributed by atoms with Gasteiger partial charge in [0.2, 0.25) is 0 Å². The molecule has 3 atom stereocenters. The Balaban J connectivity index is 1.98.